The first kappa shape index (κ1) is 20.9. The Balaban J connectivity index is 2.01. The van der Waals surface area contributed by atoms with Gasteiger partial charge in [-0.05, 0) is 37.0 Å². The molecule has 1 aliphatic rings. The Morgan fingerprint density at radius 2 is 1.55 bits per heavy atom. The standard InChI is InChI=1S/C22H22F3NO3/c23-22(24,25)20(28)26-21(17-12-6-2-7-13-17)15-9-3-8-14-18(21)29-19(27)16-10-4-1-5-11-16/h1-2,4-7,10-13,18H,3,8-9,14-15H2,(H,26,28)/t18-,21-/m0/s1. The van der Waals surface area contributed by atoms with Gasteiger partial charge in [-0.1, -0.05) is 61.4 Å². The van der Waals surface area contributed by atoms with Gasteiger partial charge in [0, 0.05) is 0 Å². The fourth-order valence-corrected chi connectivity index (χ4v) is 3.80. The van der Waals surface area contributed by atoms with Crippen LogP contribution in [-0.2, 0) is 15.1 Å². The first-order valence-corrected chi connectivity index (χ1v) is 9.54. The molecule has 0 radical (unpaired) electrons. The average molecular weight is 405 g/mol. The number of hydrogen-bond donors (Lipinski definition) is 1. The van der Waals surface area contributed by atoms with Gasteiger partial charge in [-0.15, -0.1) is 0 Å². The molecular weight excluding hydrogens is 383 g/mol. The van der Waals surface area contributed by atoms with E-state index >= 15 is 0 Å². The second-order valence-electron chi connectivity index (χ2n) is 7.15. The maximum atomic E-state index is 13.1. The van der Waals surface area contributed by atoms with Crippen molar-refractivity contribution in [2.45, 2.75) is 49.9 Å². The van der Waals surface area contributed by atoms with E-state index in [0.29, 0.717) is 30.4 Å². The summed E-state index contributed by atoms with van der Waals surface area (Å²) in [6.07, 6.45) is -3.31. The number of amides is 1. The lowest BCUT2D eigenvalue weighted by atomic mass is 9.80. The number of alkyl halides is 3. The molecule has 1 aliphatic carbocycles. The molecule has 2 atom stereocenters. The van der Waals surface area contributed by atoms with Crippen LogP contribution in [0.25, 0.3) is 0 Å². The van der Waals surface area contributed by atoms with E-state index in [0.717, 1.165) is 6.42 Å². The molecule has 0 aromatic heterocycles. The van der Waals surface area contributed by atoms with Crippen molar-refractivity contribution < 1.29 is 27.5 Å². The molecule has 7 heteroatoms. The number of carbonyl (C=O) groups is 2. The summed E-state index contributed by atoms with van der Waals surface area (Å²) in [7, 11) is 0. The van der Waals surface area contributed by atoms with E-state index < -0.39 is 29.7 Å². The molecule has 0 heterocycles. The molecule has 0 unspecified atom stereocenters. The molecule has 2 aromatic carbocycles. The Morgan fingerprint density at radius 1 is 0.931 bits per heavy atom. The molecule has 1 fully saturated rings. The van der Waals surface area contributed by atoms with Gasteiger partial charge in [0.2, 0.25) is 0 Å². The summed E-state index contributed by atoms with van der Waals surface area (Å²) in [6, 6.07) is 16.7. The first-order chi connectivity index (χ1) is 13.8. The van der Waals surface area contributed by atoms with Crippen LogP contribution in [0.2, 0.25) is 0 Å². The molecule has 1 N–H and O–H groups in total. The maximum absolute atomic E-state index is 13.1. The number of halogens is 3. The molecule has 0 bridgehead atoms. The highest BCUT2D eigenvalue weighted by atomic mass is 19.4. The Hall–Kier alpha value is -2.83. The topological polar surface area (TPSA) is 55.4 Å². The largest absolute Gasteiger partial charge is 0.471 e. The fraction of sp³-hybridized carbons (Fsp3) is 0.364. The molecule has 0 spiro atoms. The van der Waals surface area contributed by atoms with Crippen molar-refractivity contribution in [1.82, 2.24) is 5.32 Å². The fourth-order valence-electron chi connectivity index (χ4n) is 3.80. The van der Waals surface area contributed by atoms with Crippen LogP contribution in [0.5, 0.6) is 0 Å². The highest BCUT2D eigenvalue weighted by Gasteiger charge is 2.50. The quantitative estimate of drug-likeness (QED) is 0.590. The highest BCUT2D eigenvalue weighted by Crippen LogP contribution is 2.39. The number of hydrogen-bond acceptors (Lipinski definition) is 3. The summed E-state index contributed by atoms with van der Waals surface area (Å²) in [5.41, 5.74) is -0.652. The molecule has 0 aliphatic heterocycles. The normalized spacial score (nSPS) is 22.4. The van der Waals surface area contributed by atoms with E-state index in [4.69, 9.17) is 4.74 Å². The third kappa shape index (κ3) is 4.78. The molecule has 3 rings (SSSR count). The van der Waals surface area contributed by atoms with Crippen LogP contribution >= 0.6 is 0 Å². The van der Waals surface area contributed by atoms with Crippen LogP contribution < -0.4 is 5.32 Å². The van der Waals surface area contributed by atoms with Crippen LogP contribution in [0.3, 0.4) is 0 Å². The van der Waals surface area contributed by atoms with E-state index in [9.17, 15) is 22.8 Å². The van der Waals surface area contributed by atoms with E-state index in [1.807, 2.05) is 0 Å². The van der Waals surface area contributed by atoms with E-state index in [2.05, 4.69) is 5.32 Å². The number of ether oxygens (including phenoxy) is 1. The smallest absolute Gasteiger partial charge is 0.456 e. The zero-order valence-electron chi connectivity index (χ0n) is 15.7. The SMILES string of the molecule is O=C(O[C@H]1CCCCC[C@]1(NC(=O)C(F)(F)F)c1ccccc1)c1ccccc1. The maximum Gasteiger partial charge on any atom is 0.471 e. The molecule has 1 amide bonds. The third-order valence-corrected chi connectivity index (χ3v) is 5.23. The van der Waals surface area contributed by atoms with Crippen molar-refractivity contribution in [3.63, 3.8) is 0 Å². The Morgan fingerprint density at radius 3 is 2.17 bits per heavy atom. The van der Waals surface area contributed by atoms with Crippen LogP contribution in [0, 0.1) is 0 Å². The second kappa shape index (κ2) is 8.68. The minimum atomic E-state index is -5.04. The summed E-state index contributed by atoms with van der Waals surface area (Å²) >= 11 is 0. The van der Waals surface area contributed by atoms with E-state index in [1.54, 1.807) is 60.7 Å². The number of carbonyl (C=O) groups excluding carboxylic acids is 2. The van der Waals surface area contributed by atoms with Crippen LogP contribution in [0.1, 0.15) is 48.0 Å². The molecule has 0 saturated heterocycles. The molecule has 29 heavy (non-hydrogen) atoms. The van der Waals surface area contributed by atoms with Crippen LogP contribution in [-0.4, -0.2) is 24.2 Å². The lowest BCUT2D eigenvalue weighted by Crippen LogP contribution is -2.57. The van der Waals surface area contributed by atoms with Gasteiger partial charge in [0.05, 0.1) is 5.56 Å². The van der Waals surface area contributed by atoms with Gasteiger partial charge in [-0.2, -0.15) is 13.2 Å². The summed E-state index contributed by atoms with van der Waals surface area (Å²) in [4.78, 5) is 24.6. The van der Waals surface area contributed by atoms with Crippen molar-refractivity contribution in [2.24, 2.45) is 0 Å². The minimum absolute atomic E-state index is 0.242. The van der Waals surface area contributed by atoms with Gasteiger partial charge < -0.3 is 10.1 Å². The number of rotatable bonds is 4. The lowest BCUT2D eigenvalue weighted by Gasteiger charge is -2.40. The molecule has 4 nitrogen and oxygen atoms in total. The van der Waals surface area contributed by atoms with Gasteiger partial charge in [0.25, 0.3) is 0 Å². The monoisotopic (exact) mass is 405 g/mol. The Bertz CT molecular complexity index is 839. The lowest BCUT2D eigenvalue weighted by molar-refractivity contribution is -0.177. The second-order valence-corrected chi connectivity index (χ2v) is 7.15. The summed E-state index contributed by atoms with van der Waals surface area (Å²) in [5, 5.41) is 2.19. The number of nitrogens with one attached hydrogen (secondary N) is 1. The predicted octanol–water partition coefficient (Wildman–Crippen LogP) is 4.75. The molecule has 154 valence electrons. The van der Waals surface area contributed by atoms with Gasteiger partial charge in [-0.25, -0.2) is 4.79 Å². The highest BCUT2D eigenvalue weighted by molar-refractivity contribution is 5.89. The van der Waals surface area contributed by atoms with Crippen molar-refractivity contribution in [3.8, 4) is 0 Å². The zero-order chi connectivity index (χ0) is 20.9. The summed E-state index contributed by atoms with van der Waals surface area (Å²) in [5.74, 6) is -2.66. The van der Waals surface area contributed by atoms with Crippen molar-refractivity contribution in [3.05, 3.63) is 71.8 Å². The summed E-state index contributed by atoms with van der Waals surface area (Å²) in [6.45, 7) is 0. The van der Waals surface area contributed by atoms with Crippen molar-refractivity contribution in [1.29, 1.82) is 0 Å². The number of benzene rings is 2. The van der Waals surface area contributed by atoms with Gasteiger partial charge in [0.15, 0.2) is 0 Å². The Kier molecular flexibility index (Phi) is 6.25. The molecule has 2 aromatic rings. The molecule has 1 saturated carbocycles. The van der Waals surface area contributed by atoms with Gasteiger partial charge in [0.1, 0.15) is 11.6 Å². The van der Waals surface area contributed by atoms with Crippen LogP contribution in [0.15, 0.2) is 60.7 Å². The van der Waals surface area contributed by atoms with Crippen molar-refractivity contribution in [2.75, 3.05) is 0 Å². The predicted molar refractivity (Wildman–Crippen MR) is 101 cm³/mol. The summed E-state index contributed by atoms with van der Waals surface area (Å²) < 4.78 is 45.1. The van der Waals surface area contributed by atoms with E-state index in [-0.39, 0.29) is 6.42 Å². The zero-order valence-corrected chi connectivity index (χ0v) is 15.7. The van der Waals surface area contributed by atoms with Gasteiger partial charge >= 0.3 is 18.1 Å². The van der Waals surface area contributed by atoms with Crippen LogP contribution in [0.4, 0.5) is 13.2 Å². The van der Waals surface area contributed by atoms with Crippen molar-refractivity contribution >= 4 is 11.9 Å². The first-order valence-electron chi connectivity index (χ1n) is 9.54. The third-order valence-electron chi connectivity index (χ3n) is 5.23. The Labute approximate surface area is 167 Å². The van der Waals surface area contributed by atoms with E-state index in [1.165, 1.54) is 0 Å². The average Bonchev–Trinajstić information content (AvgIpc) is 2.91. The van der Waals surface area contributed by atoms with Gasteiger partial charge in [-0.3, -0.25) is 4.79 Å². The minimum Gasteiger partial charge on any atom is -0.456 e. The number of esters is 1. The molecular formula is C22H22F3NO3.